The van der Waals surface area contributed by atoms with Crippen molar-refractivity contribution in [3.63, 3.8) is 0 Å². The third-order valence-corrected chi connectivity index (χ3v) is 5.32. The molecule has 3 nitrogen and oxygen atoms in total. The maximum absolute atomic E-state index is 13.9. The normalized spacial score (nSPS) is 25.5. The predicted octanol–water partition coefficient (Wildman–Crippen LogP) is 4.32. The van der Waals surface area contributed by atoms with Gasteiger partial charge in [0.05, 0.1) is 16.4 Å². The van der Waals surface area contributed by atoms with E-state index in [1.165, 1.54) is 6.07 Å². The molecule has 4 rings (SSSR count). The minimum absolute atomic E-state index is 0.0654. The van der Waals surface area contributed by atoms with E-state index in [2.05, 4.69) is 16.0 Å². The summed E-state index contributed by atoms with van der Waals surface area (Å²) in [5.74, 6) is 0.193. The van der Waals surface area contributed by atoms with E-state index >= 15 is 0 Å². The van der Waals surface area contributed by atoms with Crippen LogP contribution in [-0.2, 0) is 10.2 Å². The molecule has 1 spiro atoms. The molecule has 0 unspecified atom stereocenters. The van der Waals surface area contributed by atoms with Gasteiger partial charge in [-0.25, -0.2) is 4.39 Å². The summed E-state index contributed by atoms with van der Waals surface area (Å²) in [4.78, 5) is 6.80. The van der Waals surface area contributed by atoms with Crippen LogP contribution >= 0.6 is 11.6 Å². The molecule has 1 aliphatic heterocycles. The van der Waals surface area contributed by atoms with Gasteiger partial charge in [-0.2, -0.15) is 0 Å². The van der Waals surface area contributed by atoms with Crippen LogP contribution in [0.4, 0.5) is 15.8 Å². The molecule has 0 atom stereocenters. The number of pyridine rings is 1. The van der Waals surface area contributed by atoms with E-state index in [-0.39, 0.29) is 16.3 Å². The van der Waals surface area contributed by atoms with Crippen molar-refractivity contribution in [1.29, 1.82) is 0 Å². The molecular weight excluding hydrogens is 315 g/mol. The third kappa shape index (κ3) is 2.32. The zero-order valence-corrected chi connectivity index (χ0v) is 13.7. The zero-order chi connectivity index (χ0) is 16.0. The number of methoxy groups -OCH3 is 1. The summed E-state index contributed by atoms with van der Waals surface area (Å²) in [6.45, 7) is 1.63. The summed E-state index contributed by atoms with van der Waals surface area (Å²) < 4.78 is 19.1. The highest BCUT2D eigenvalue weighted by Crippen LogP contribution is 2.55. The van der Waals surface area contributed by atoms with E-state index in [9.17, 15) is 4.39 Å². The van der Waals surface area contributed by atoms with E-state index in [1.54, 1.807) is 13.2 Å². The summed E-state index contributed by atoms with van der Waals surface area (Å²) >= 11 is 5.82. The highest BCUT2D eigenvalue weighted by molar-refractivity contribution is 6.30. The Morgan fingerprint density at radius 2 is 2.22 bits per heavy atom. The Labute approximate surface area is 140 Å². The fourth-order valence-corrected chi connectivity index (χ4v) is 4.21. The minimum Gasteiger partial charge on any atom is -0.384 e. The molecule has 0 saturated heterocycles. The molecule has 1 aromatic carbocycles. The van der Waals surface area contributed by atoms with Gasteiger partial charge in [-0.1, -0.05) is 11.6 Å². The number of hydrogen-bond donors (Lipinski definition) is 0. The van der Waals surface area contributed by atoms with Gasteiger partial charge in [0.25, 0.3) is 0 Å². The molecule has 1 saturated carbocycles. The van der Waals surface area contributed by atoms with Crippen molar-refractivity contribution in [2.45, 2.75) is 18.3 Å². The standard InChI is InChI=1S/C18H18ClFN2O/c1-23-10-12-8-18(9-12)11-22(16-3-2-6-21-17(16)18)13-4-5-14(19)15(20)7-13/h2-7,12H,8-11H2,1H3. The van der Waals surface area contributed by atoms with Crippen LogP contribution < -0.4 is 4.90 Å². The Morgan fingerprint density at radius 1 is 1.39 bits per heavy atom. The van der Waals surface area contributed by atoms with Crippen LogP contribution in [0.3, 0.4) is 0 Å². The topological polar surface area (TPSA) is 25.4 Å². The van der Waals surface area contributed by atoms with Crippen LogP contribution in [0.15, 0.2) is 36.5 Å². The summed E-state index contributed by atoms with van der Waals surface area (Å²) in [7, 11) is 1.74. The average molecular weight is 333 g/mol. The molecule has 2 aromatic rings. The number of benzene rings is 1. The van der Waals surface area contributed by atoms with Crippen LogP contribution in [0.25, 0.3) is 0 Å². The van der Waals surface area contributed by atoms with Crippen LogP contribution in [0.5, 0.6) is 0 Å². The molecule has 5 heteroatoms. The molecule has 0 radical (unpaired) electrons. The van der Waals surface area contributed by atoms with E-state index in [0.29, 0.717) is 5.92 Å². The maximum Gasteiger partial charge on any atom is 0.143 e. The lowest BCUT2D eigenvalue weighted by Crippen LogP contribution is -2.46. The Hall–Kier alpha value is -1.65. The Kier molecular flexibility index (Phi) is 3.54. The van der Waals surface area contributed by atoms with E-state index in [0.717, 1.165) is 43.1 Å². The fourth-order valence-electron chi connectivity index (χ4n) is 4.09. The van der Waals surface area contributed by atoms with Gasteiger partial charge in [-0.3, -0.25) is 4.98 Å². The van der Waals surface area contributed by atoms with Gasteiger partial charge < -0.3 is 9.64 Å². The van der Waals surface area contributed by atoms with Crippen molar-refractivity contribution in [2.75, 3.05) is 25.2 Å². The lowest BCUT2D eigenvalue weighted by Gasteiger charge is -2.44. The summed E-state index contributed by atoms with van der Waals surface area (Å²) in [6.07, 6.45) is 3.98. The van der Waals surface area contributed by atoms with Crippen LogP contribution in [0.2, 0.25) is 5.02 Å². The molecule has 0 N–H and O–H groups in total. The first-order valence-corrected chi connectivity index (χ1v) is 8.18. The van der Waals surface area contributed by atoms with E-state index < -0.39 is 0 Å². The molecule has 2 heterocycles. The number of nitrogens with zero attached hydrogens (tertiary/aromatic N) is 2. The van der Waals surface area contributed by atoms with Crippen molar-refractivity contribution in [2.24, 2.45) is 5.92 Å². The first-order valence-electron chi connectivity index (χ1n) is 7.80. The second kappa shape index (κ2) is 5.46. The fraction of sp³-hybridized carbons (Fsp3) is 0.389. The van der Waals surface area contributed by atoms with Gasteiger partial charge in [0.2, 0.25) is 0 Å². The van der Waals surface area contributed by atoms with Crippen molar-refractivity contribution >= 4 is 23.0 Å². The molecule has 0 bridgehead atoms. The smallest absolute Gasteiger partial charge is 0.143 e. The molecule has 1 fully saturated rings. The lowest BCUT2D eigenvalue weighted by atomic mass is 9.61. The Balaban J connectivity index is 1.69. The van der Waals surface area contributed by atoms with E-state index in [1.807, 2.05) is 18.3 Å². The molecule has 120 valence electrons. The maximum atomic E-state index is 13.9. The van der Waals surface area contributed by atoms with Crippen LogP contribution in [-0.4, -0.2) is 25.2 Å². The van der Waals surface area contributed by atoms with Crippen molar-refractivity contribution in [1.82, 2.24) is 4.98 Å². The number of rotatable bonds is 3. The molecular formula is C18H18ClFN2O. The molecule has 1 aromatic heterocycles. The first kappa shape index (κ1) is 14.9. The Morgan fingerprint density at radius 3 is 2.96 bits per heavy atom. The van der Waals surface area contributed by atoms with Gasteiger partial charge in [-0.05, 0) is 49.1 Å². The van der Waals surface area contributed by atoms with Gasteiger partial charge >= 0.3 is 0 Å². The van der Waals surface area contributed by atoms with Gasteiger partial charge in [0, 0.05) is 37.6 Å². The number of aromatic nitrogens is 1. The molecule has 0 amide bonds. The summed E-state index contributed by atoms with van der Waals surface area (Å²) in [5, 5.41) is 0.151. The van der Waals surface area contributed by atoms with Gasteiger partial charge in [-0.15, -0.1) is 0 Å². The second-order valence-electron chi connectivity index (χ2n) is 6.57. The van der Waals surface area contributed by atoms with Crippen molar-refractivity contribution in [3.8, 4) is 0 Å². The van der Waals surface area contributed by atoms with Crippen molar-refractivity contribution < 1.29 is 9.13 Å². The van der Waals surface area contributed by atoms with Gasteiger partial charge in [0.1, 0.15) is 5.82 Å². The third-order valence-electron chi connectivity index (χ3n) is 5.02. The number of hydrogen-bond acceptors (Lipinski definition) is 3. The molecule has 1 aliphatic carbocycles. The predicted molar refractivity (Wildman–Crippen MR) is 88.9 cm³/mol. The largest absolute Gasteiger partial charge is 0.384 e. The molecule has 2 aliphatic rings. The zero-order valence-electron chi connectivity index (χ0n) is 12.9. The number of anilines is 2. The monoisotopic (exact) mass is 332 g/mol. The van der Waals surface area contributed by atoms with Crippen LogP contribution in [0.1, 0.15) is 18.5 Å². The van der Waals surface area contributed by atoms with Crippen molar-refractivity contribution in [3.05, 3.63) is 53.1 Å². The second-order valence-corrected chi connectivity index (χ2v) is 6.97. The summed E-state index contributed by atoms with van der Waals surface area (Å²) in [6, 6.07) is 8.98. The summed E-state index contributed by atoms with van der Waals surface area (Å²) in [5.41, 5.74) is 3.09. The minimum atomic E-state index is -0.388. The first-order chi connectivity index (χ1) is 11.1. The number of ether oxygens (including phenoxy) is 1. The molecule has 23 heavy (non-hydrogen) atoms. The van der Waals surface area contributed by atoms with Crippen LogP contribution in [0, 0.1) is 11.7 Å². The SMILES string of the molecule is COCC1CC2(C1)CN(c1ccc(Cl)c(F)c1)c1cccnc12. The Bertz CT molecular complexity index is 746. The quantitative estimate of drug-likeness (QED) is 0.837. The highest BCUT2D eigenvalue weighted by Gasteiger charge is 2.53. The lowest BCUT2D eigenvalue weighted by molar-refractivity contribution is 0.0574. The highest BCUT2D eigenvalue weighted by atomic mass is 35.5. The average Bonchev–Trinajstić information content (AvgIpc) is 2.86. The number of fused-ring (bicyclic) bond motifs is 2. The van der Waals surface area contributed by atoms with Gasteiger partial charge in [0.15, 0.2) is 0 Å². The van der Waals surface area contributed by atoms with E-state index in [4.69, 9.17) is 16.3 Å². The number of halogens is 2.